The maximum Gasteiger partial charge on any atom is 0.306 e. The Labute approximate surface area is 496 Å². The van der Waals surface area contributed by atoms with Crippen molar-refractivity contribution in [3.8, 4) is 0 Å². The van der Waals surface area contributed by atoms with Gasteiger partial charge in [-0.1, -0.05) is 291 Å². The minimum atomic E-state index is -0.788. The molecule has 6 heteroatoms. The van der Waals surface area contributed by atoms with Crippen LogP contribution in [0.25, 0.3) is 0 Å². The number of carbonyl (C=O) groups excluding carboxylic acids is 3. The van der Waals surface area contributed by atoms with Crippen LogP contribution in [0.15, 0.2) is 97.2 Å². The van der Waals surface area contributed by atoms with Crippen LogP contribution in [0.1, 0.15) is 335 Å². The topological polar surface area (TPSA) is 78.9 Å². The Morgan fingerprint density at radius 1 is 0.263 bits per heavy atom. The Kier molecular flexibility index (Phi) is 64.7. The molecule has 0 aromatic heterocycles. The number of unbranched alkanes of at least 4 members (excludes halogenated alkanes) is 35. The van der Waals surface area contributed by atoms with Crippen LogP contribution < -0.4 is 0 Å². The van der Waals surface area contributed by atoms with Gasteiger partial charge in [0.1, 0.15) is 13.2 Å². The molecule has 0 aromatic carbocycles. The predicted octanol–water partition coefficient (Wildman–Crippen LogP) is 23.6. The van der Waals surface area contributed by atoms with Gasteiger partial charge in [-0.25, -0.2) is 0 Å². The molecule has 1 atom stereocenters. The molecule has 0 amide bonds. The highest BCUT2D eigenvalue weighted by Gasteiger charge is 2.19. The molecule has 0 fully saturated rings. The van der Waals surface area contributed by atoms with Gasteiger partial charge in [0.2, 0.25) is 0 Å². The van der Waals surface area contributed by atoms with Crippen LogP contribution >= 0.6 is 0 Å². The van der Waals surface area contributed by atoms with Crippen LogP contribution in [0.5, 0.6) is 0 Å². The molecule has 0 aliphatic carbocycles. The van der Waals surface area contributed by atoms with E-state index in [0.29, 0.717) is 19.3 Å². The molecule has 0 saturated carbocycles. The fraction of sp³-hybridized carbons (Fsp3) is 0.743. The summed E-state index contributed by atoms with van der Waals surface area (Å²) in [5.41, 5.74) is 0. The fourth-order valence-electron chi connectivity index (χ4n) is 9.67. The zero-order valence-corrected chi connectivity index (χ0v) is 52.8. The number of carbonyl (C=O) groups is 3. The zero-order valence-electron chi connectivity index (χ0n) is 52.8. The molecule has 0 aromatic rings. The van der Waals surface area contributed by atoms with Crippen molar-refractivity contribution in [1.29, 1.82) is 0 Å². The molecule has 1 unspecified atom stereocenters. The predicted molar refractivity (Wildman–Crippen MR) is 348 cm³/mol. The zero-order chi connectivity index (χ0) is 57.8. The Hall–Kier alpha value is -3.67. The smallest absolute Gasteiger partial charge is 0.306 e. The van der Waals surface area contributed by atoms with Gasteiger partial charge in [0, 0.05) is 19.3 Å². The summed E-state index contributed by atoms with van der Waals surface area (Å²) >= 11 is 0. The molecular formula is C74H128O6. The fourth-order valence-corrected chi connectivity index (χ4v) is 9.67. The molecule has 0 N–H and O–H groups in total. The molecule has 80 heavy (non-hydrogen) atoms. The third kappa shape index (κ3) is 65.1. The number of allylic oxidation sites excluding steroid dienone is 16. The minimum absolute atomic E-state index is 0.0833. The second kappa shape index (κ2) is 67.8. The maximum absolute atomic E-state index is 12.9. The summed E-state index contributed by atoms with van der Waals surface area (Å²) in [6.45, 7) is 6.51. The van der Waals surface area contributed by atoms with Gasteiger partial charge in [-0.05, 0) is 122 Å². The Bertz CT molecular complexity index is 1560. The van der Waals surface area contributed by atoms with Gasteiger partial charge >= 0.3 is 17.9 Å². The molecule has 6 nitrogen and oxygen atoms in total. The number of esters is 3. The highest BCUT2D eigenvalue weighted by atomic mass is 16.6. The van der Waals surface area contributed by atoms with E-state index in [2.05, 4.69) is 118 Å². The summed E-state index contributed by atoms with van der Waals surface area (Å²) < 4.78 is 16.9. The number of ether oxygens (including phenoxy) is 3. The summed E-state index contributed by atoms with van der Waals surface area (Å²) in [6.07, 6.45) is 91.4. The minimum Gasteiger partial charge on any atom is -0.462 e. The summed E-state index contributed by atoms with van der Waals surface area (Å²) in [5.74, 6) is -0.892. The molecule has 460 valence electrons. The van der Waals surface area contributed by atoms with E-state index in [-0.39, 0.29) is 31.1 Å². The number of hydrogen-bond acceptors (Lipinski definition) is 6. The van der Waals surface area contributed by atoms with Gasteiger partial charge in [0.25, 0.3) is 0 Å². The van der Waals surface area contributed by atoms with Gasteiger partial charge in [-0.2, -0.15) is 0 Å². The first-order valence-electron chi connectivity index (χ1n) is 34.2. The van der Waals surface area contributed by atoms with Gasteiger partial charge in [-0.3, -0.25) is 14.4 Å². The van der Waals surface area contributed by atoms with Crippen molar-refractivity contribution >= 4 is 17.9 Å². The van der Waals surface area contributed by atoms with Crippen LogP contribution in [-0.2, 0) is 28.6 Å². The lowest BCUT2D eigenvalue weighted by Gasteiger charge is -2.18. The van der Waals surface area contributed by atoms with Crippen LogP contribution in [-0.4, -0.2) is 37.2 Å². The Morgan fingerprint density at radius 2 is 0.487 bits per heavy atom. The molecule has 0 bridgehead atoms. The molecule has 0 heterocycles. The molecule has 0 rings (SSSR count). The number of hydrogen-bond donors (Lipinski definition) is 0. The van der Waals surface area contributed by atoms with E-state index in [9.17, 15) is 14.4 Å². The van der Waals surface area contributed by atoms with Crippen LogP contribution in [0, 0.1) is 0 Å². The van der Waals surface area contributed by atoms with Gasteiger partial charge < -0.3 is 14.2 Å². The normalized spacial score (nSPS) is 12.7. The van der Waals surface area contributed by atoms with E-state index >= 15 is 0 Å². The number of rotatable bonds is 62. The first kappa shape index (κ1) is 76.3. The van der Waals surface area contributed by atoms with Crippen LogP contribution in [0.2, 0.25) is 0 Å². The van der Waals surface area contributed by atoms with Gasteiger partial charge in [-0.15, -0.1) is 0 Å². The second-order valence-corrected chi connectivity index (χ2v) is 22.7. The summed E-state index contributed by atoms with van der Waals surface area (Å²) in [5, 5.41) is 0. The van der Waals surface area contributed by atoms with Crippen molar-refractivity contribution in [2.24, 2.45) is 0 Å². The van der Waals surface area contributed by atoms with Gasteiger partial charge in [0.05, 0.1) is 0 Å². The molecule has 0 spiro atoms. The van der Waals surface area contributed by atoms with Crippen molar-refractivity contribution in [3.05, 3.63) is 97.2 Å². The molecule has 0 saturated heterocycles. The van der Waals surface area contributed by atoms with E-state index in [1.807, 2.05) is 0 Å². The monoisotopic (exact) mass is 1110 g/mol. The third-order valence-corrected chi connectivity index (χ3v) is 14.8. The maximum atomic E-state index is 12.9. The van der Waals surface area contributed by atoms with Crippen LogP contribution in [0.3, 0.4) is 0 Å². The summed E-state index contributed by atoms with van der Waals surface area (Å²) in [4.78, 5) is 38.4. The average Bonchev–Trinajstić information content (AvgIpc) is 3.46. The summed E-state index contributed by atoms with van der Waals surface area (Å²) in [7, 11) is 0. The lowest BCUT2D eigenvalue weighted by atomic mass is 10.0. The first-order chi connectivity index (χ1) is 39.5. The van der Waals surface area contributed by atoms with Crippen molar-refractivity contribution in [1.82, 2.24) is 0 Å². The van der Waals surface area contributed by atoms with Crippen molar-refractivity contribution in [2.45, 2.75) is 341 Å². The standard InChI is InChI=1S/C74H128O6/c1-4-7-10-13-16-19-22-25-27-29-31-33-34-35-36-37-38-39-40-42-43-45-47-49-52-55-58-61-64-67-73(76)79-70-71(69-78-72(75)66-63-60-57-54-51-24-21-18-15-12-9-6-3)80-74(77)68-65-62-59-56-53-50-48-46-44-41-32-30-28-26-23-20-17-14-11-8-5-2/h7,10,16,18-19,21,23,25-27,30-33,44,46,71H,4-6,8-9,11-15,17,20,22,24,28-29,34-43,45,47-70H2,1-3H3/b10-7-,19-16-,21-18-,26-23-,27-25-,32-30-,33-31-,46-44-. The molecular weight excluding hydrogens is 985 g/mol. The first-order valence-corrected chi connectivity index (χ1v) is 34.2. The Balaban J connectivity index is 4.25. The van der Waals surface area contributed by atoms with E-state index < -0.39 is 6.10 Å². The van der Waals surface area contributed by atoms with Crippen molar-refractivity contribution in [3.63, 3.8) is 0 Å². The average molecular weight is 1110 g/mol. The molecule has 0 aliphatic rings. The quantitative estimate of drug-likeness (QED) is 0.0261. The van der Waals surface area contributed by atoms with E-state index in [4.69, 9.17) is 14.2 Å². The Morgan fingerprint density at radius 3 is 0.800 bits per heavy atom. The summed E-state index contributed by atoms with van der Waals surface area (Å²) in [6, 6.07) is 0. The lowest BCUT2D eigenvalue weighted by Crippen LogP contribution is -2.30. The lowest BCUT2D eigenvalue weighted by molar-refractivity contribution is -0.167. The second-order valence-electron chi connectivity index (χ2n) is 22.7. The molecule has 0 radical (unpaired) electrons. The third-order valence-electron chi connectivity index (χ3n) is 14.8. The van der Waals surface area contributed by atoms with Crippen molar-refractivity contribution < 1.29 is 28.6 Å². The van der Waals surface area contributed by atoms with Crippen LogP contribution in [0.4, 0.5) is 0 Å². The highest BCUT2D eigenvalue weighted by molar-refractivity contribution is 5.71. The molecule has 0 aliphatic heterocycles. The van der Waals surface area contributed by atoms with Gasteiger partial charge in [0.15, 0.2) is 6.10 Å². The van der Waals surface area contributed by atoms with E-state index in [1.165, 1.54) is 180 Å². The van der Waals surface area contributed by atoms with E-state index in [1.54, 1.807) is 0 Å². The van der Waals surface area contributed by atoms with Crippen molar-refractivity contribution in [2.75, 3.05) is 13.2 Å². The highest BCUT2D eigenvalue weighted by Crippen LogP contribution is 2.17. The largest absolute Gasteiger partial charge is 0.462 e. The van der Waals surface area contributed by atoms with E-state index in [0.717, 1.165) is 116 Å². The SMILES string of the molecule is CC/C=C\C/C=C\C/C=C\C/C=C\CCCCCCCCCCCCCCCCCCC(=O)OCC(COC(=O)CCCCCCC/C=C\CCCCC)OC(=O)CCCCCCCC/C=C\C/C=C\C/C=C\CCCCCCC.